The van der Waals surface area contributed by atoms with E-state index in [0.29, 0.717) is 18.8 Å². The molecule has 1 aromatic carbocycles. The summed E-state index contributed by atoms with van der Waals surface area (Å²) in [6, 6.07) is 5.70. The molecule has 0 saturated carbocycles. The number of carbonyl (C=O) groups is 1. The highest BCUT2D eigenvalue weighted by atomic mass is 79.9. The predicted octanol–water partition coefficient (Wildman–Crippen LogP) is 4.08. The van der Waals surface area contributed by atoms with Gasteiger partial charge in [-0.1, -0.05) is 0 Å². The molecule has 0 aliphatic rings. The van der Waals surface area contributed by atoms with Crippen LogP contribution < -0.4 is 4.72 Å². The van der Waals surface area contributed by atoms with E-state index in [1.165, 1.54) is 35.6 Å². The molecule has 1 heterocycles. The summed E-state index contributed by atoms with van der Waals surface area (Å²) in [6.45, 7) is 1.64. The molecule has 2 N–H and O–H groups in total. The second-order valence-corrected chi connectivity index (χ2v) is 9.53. The van der Waals surface area contributed by atoms with Gasteiger partial charge in [-0.3, -0.25) is 4.72 Å². The zero-order valence-corrected chi connectivity index (χ0v) is 15.4. The van der Waals surface area contributed by atoms with Gasteiger partial charge < -0.3 is 5.11 Å². The first kappa shape index (κ1) is 16.5. The van der Waals surface area contributed by atoms with E-state index in [-0.39, 0.29) is 10.5 Å². The third-order valence-corrected chi connectivity index (χ3v) is 6.75. The van der Waals surface area contributed by atoms with Crippen LogP contribution in [0.2, 0.25) is 0 Å². The van der Waals surface area contributed by atoms with Crippen molar-refractivity contribution in [3.8, 4) is 0 Å². The van der Waals surface area contributed by atoms with Crippen molar-refractivity contribution in [2.24, 2.45) is 0 Å². The van der Waals surface area contributed by atoms with E-state index in [0.717, 1.165) is 0 Å². The predicted molar refractivity (Wildman–Crippen MR) is 88.7 cm³/mol. The first-order chi connectivity index (χ1) is 9.70. The topological polar surface area (TPSA) is 83.5 Å². The molecule has 0 amide bonds. The summed E-state index contributed by atoms with van der Waals surface area (Å²) in [6.07, 6.45) is 0. The number of benzene rings is 1. The fourth-order valence-electron chi connectivity index (χ4n) is 1.62. The molecule has 21 heavy (non-hydrogen) atoms. The normalized spacial score (nSPS) is 11.4. The minimum atomic E-state index is -3.74. The van der Waals surface area contributed by atoms with Crippen molar-refractivity contribution in [3.05, 3.63) is 43.0 Å². The molecule has 1 aromatic heterocycles. The van der Waals surface area contributed by atoms with Gasteiger partial charge in [0.1, 0.15) is 4.90 Å². The fourth-order valence-corrected chi connectivity index (χ4v) is 6.56. The number of rotatable bonds is 4. The maximum atomic E-state index is 12.3. The van der Waals surface area contributed by atoms with Gasteiger partial charge in [-0.2, -0.15) is 0 Å². The van der Waals surface area contributed by atoms with Gasteiger partial charge in [0.2, 0.25) is 0 Å². The van der Waals surface area contributed by atoms with Crippen molar-refractivity contribution in [2.75, 3.05) is 4.72 Å². The number of nitrogens with one attached hydrogen (secondary N) is 1. The van der Waals surface area contributed by atoms with Gasteiger partial charge >= 0.3 is 5.97 Å². The highest BCUT2D eigenvalue weighted by molar-refractivity contribution is 9.12. The van der Waals surface area contributed by atoms with E-state index in [4.69, 9.17) is 5.11 Å². The van der Waals surface area contributed by atoms with Crippen LogP contribution >= 0.6 is 43.2 Å². The molecule has 9 heteroatoms. The molecule has 5 nitrogen and oxygen atoms in total. The maximum Gasteiger partial charge on any atom is 0.335 e. The number of hydrogen-bond donors (Lipinski definition) is 2. The summed E-state index contributed by atoms with van der Waals surface area (Å²) < 4.78 is 28.3. The molecule has 0 aliphatic heterocycles. The molecule has 0 unspecified atom stereocenters. The molecule has 0 saturated heterocycles. The Balaban J connectivity index is 2.37. The van der Waals surface area contributed by atoms with Gasteiger partial charge in [-0.25, -0.2) is 13.2 Å². The van der Waals surface area contributed by atoms with Crippen LogP contribution in [0.5, 0.6) is 0 Å². The molecule has 0 fully saturated rings. The average molecular weight is 455 g/mol. The lowest BCUT2D eigenvalue weighted by Gasteiger charge is -2.10. The second kappa shape index (κ2) is 6.07. The monoisotopic (exact) mass is 453 g/mol. The Bertz CT molecular complexity index is 815. The van der Waals surface area contributed by atoms with E-state index in [2.05, 4.69) is 36.6 Å². The van der Waals surface area contributed by atoms with Crippen molar-refractivity contribution < 1.29 is 18.3 Å². The number of halogens is 2. The zero-order chi connectivity index (χ0) is 15.8. The Morgan fingerprint density at radius 2 is 1.95 bits per heavy atom. The zero-order valence-electron chi connectivity index (χ0n) is 10.6. The van der Waals surface area contributed by atoms with Crippen LogP contribution in [0.3, 0.4) is 0 Å². The van der Waals surface area contributed by atoms with E-state index < -0.39 is 16.0 Å². The first-order valence-corrected chi connectivity index (χ1v) is 9.41. The Kier molecular flexibility index (Phi) is 4.76. The molecule has 2 rings (SSSR count). The van der Waals surface area contributed by atoms with Crippen molar-refractivity contribution in [1.82, 2.24) is 0 Å². The van der Waals surface area contributed by atoms with Gasteiger partial charge in [-0.15, -0.1) is 11.3 Å². The smallest absolute Gasteiger partial charge is 0.335 e. The van der Waals surface area contributed by atoms with Crippen LogP contribution in [0.4, 0.5) is 5.69 Å². The van der Waals surface area contributed by atoms with Crippen LogP contribution in [0.1, 0.15) is 15.9 Å². The van der Waals surface area contributed by atoms with Crippen LogP contribution in [-0.4, -0.2) is 19.5 Å². The molecular formula is C12H9Br2NO4S2. The molecule has 2 aromatic rings. The number of thiophene rings is 1. The lowest BCUT2D eigenvalue weighted by molar-refractivity contribution is 0.0697. The lowest BCUT2D eigenvalue weighted by atomic mass is 10.1. The van der Waals surface area contributed by atoms with Crippen LogP contribution in [0.15, 0.2) is 36.7 Å². The summed E-state index contributed by atoms with van der Waals surface area (Å²) >= 11 is 7.69. The Labute approximate surface area is 142 Å². The second-order valence-electron chi connectivity index (χ2n) is 4.13. The standard InChI is InChI=1S/C12H9Br2NO4S2/c1-6-4-7(12(16)17)2-3-8(6)15-21(18,19)9-5-10(13)20-11(9)14/h2-5,15H,1H3,(H,16,17). The Hall–Kier alpha value is -0.900. The molecule has 0 spiro atoms. The minimum Gasteiger partial charge on any atom is -0.478 e. The third kappa shape index (κ3) is 3.65. The molecule has 0 aliphatic carbocycles. The Morgan fingerprint density at radius 3 is 2.43 bits per heavy atom. The van der Waals surface area contributed by atoms with Gasteiger partial charge in [0.25, 0.3) is 10.0 Å². The fraction of sp³-hybridized carbons (Fsp3) is 0.0833. The average Bonchev–Trinajstić information content (AvgIpc) is 2.71. The van der Waals surface area contributed by atoms with Crippen LogP contribution in [0, 0.1) is 6.92 Å². The largest absolute Gasteiger partial charge is 0.478 e. The number of anilines is 1. The summed E-state index contributed by atoms with van der Waals surface area (Å²) in [5.41, 5.74) is 0.980. The van der Waals surface area contributed by atoms with Crippen molar-refractivity contribution in [2.45, 2.75) is 11.8 Å². The van der Waals surface area contributed by atoms with Crippen molar-refractivity contribution in [3.63, 3.8) is 0 Å². The van der Waals surface area contributed by atoms with Gasteiger partial charge in [0, 0.05) is 0 Å². The Morgan fingerprint density at radius 1 is 1.29 bits per heavy atom. The summed E-state index contributed by atoms with van der Waals surface area (Å²) in [5.74, 6) is -1.06. The van der Waals surface area contributed by atoms with Crippen LogP contribution in [-0.2, 0) is 10.0 Å². The summed E-state index contributed by atoms with van der Waals surface area (Å²) in [5, 5.41) is 8.90. The first-order valence-electron chi connectivity index (χ1n) is 5.52. The number of aryl methyl sites for hydroxylation is 1. The van der Waals surface area contributed by atoms with Crippen molar-refractivity contribution >= 4 is 64.9 Å². The molecular weight excluding hydrogens is 446 g/mol. The summed E-state index contributed by atoms with van der Waals surface area (Å²) in [4.78, 5) is 11.0. The van der Waals surface area contributed by atoms with E-state index in [1.54, 1.807) is 6.92 Å². The molecule has 0 radical (unpaired) electrons. The quantitative estimate of drug-likeness (QED) is 0.728. The van der Waals surface area contributed by atoms with Gasteiger partial charge in [0.15, 0.2) is 0 Å². The maximum absolute atomic E-state index is 12.3. The molecule has 0 bridgehead atoms. The van der Waals surface area contributed by atoms with Crippen molar-refractivity contribution in [1.29, 1.82) is 0 Å². The molecule has 0 atom stereocenters. The van der Waals surface area contributed by atoms with Gasteiger partial charge in [0.05, 0.1) is 18.8 Å². The van der Waals surface area contributed by atoms with E-state index >= 15 is 0 Å². The lowest BCUT2D eigenvalue weighted by Crippen LogP contribution is -2.13. The SMILES string of the molecule is Cc1cc(C(=O)O)ccc1NS(=O)(=O)c1cc(Br)sc1Br. The van der Waals surface area contributed by atoms with E-state index in [1.807, 2.05) is 0 Å². The van der Waals surface area contributed by atoms with E-state index in [9.17, 15) is 13.2 Å². The highest BCUT2D eigenvalue weighted by Gasteiger charge is 2.21. The minimum absolute atomic E-state index is 0.106. The number of hydrogen-bond acceptors (Lipinski definition) is 4. The summed E-state index contributed by atoms with van der Waals surface area (Å²) in [7, 11) is -3.74. The number of aromatic carboxylic acids is 1. The number of carboxylic acid groups (broad SMARTS) is 1. The van der Waals surface area contributed by atoms with Crippen LogP contribution in [0.25, 0.3) is 0 Å². The number of carboxylic acids is 1. The molecule has 112 valence electrons. The third-order valence-electron chi connectivity index (χ3n) is 2.63. The van der Waals surface area contributed by atoms with Gasteiger partial charge in [-0.05, 0) is 68.6 Å². The number of sulfonamides is 1. The highest BCUT2D eigenvalue weighted by Crippen LogP contribution is 2.35.